The van der Waals surface area contributed by atoms with Crippen molar-refractivity contribution in [2.45, 2.75) is 57.0 Å². The lowest BCUT2D eigenvalue weighted by Crippen LogP contribution is -2.49. The van der Waals surface area contributed by atoms with E-state index >= 15 is 0 Å². The van der Waals surface area contributed by atoms with Gasteiger partial charge < -0.3 is 4.90 Å². The topological polar surface area (TPSA) is 56.3 Å². The summed E-state index contributed by atoms with van der Waals surface area (Å²) < 4.78 is 0. The molecule has 5 fully saturated rings. The molecule has 0 aromatic carbocycles. The zero-order valence-electron chi connectivity index (χ0n) is 16.4. The molecule has 0 radical (unpaired) electrons. The standard InChI is InChI=1S/C21H34N6/c1-2-4-17(5-3-1)21-18(10-24-25-21)14-26-12-16-6-7-19(26)15-27(13-16)20-11-22-8-9-23-20/h8-9,11,16-19,21,24-25H,1-7,10,12-15H2/t16-,18?,19-,21?/m1/s1. The summed E-state index contributed by atoms with van der Waals surface area (Å²) in [6, 6.07) is 1.33. The number of aromatic nitrogens is 2. The van der Waals surface area contributed by atoms with Gasteiger partial charge in [0, 0.05) is 63.1 Å². The van der Waals surface area contributed by atoms with E-state index in [1.807, 2.05) is 12.4 Å². The first-order chi connectivity index (χ1) is 13.4. The van der Waals surface area contributed by atoms with Crippen molar-refractivity contribution >= 4 is 5.82 Å². The third-order valence-electron chi connectivity index (χ3n) is 7.47. The van der Waals surface area contributed by atoms with E-state index in [-0.39, 0.29) is 0 Å². The molecule has 1 aliphatic carbocycles. The largest absolute Gasteiger partial charge is 0.353 e. The first-order valence-corrected chi connectivity index (χ1v) is 11.1. The van der Waals surface area contributed by atoms with Crippen LogP contribution in [0.5, 0.6) is 0 Å². The minimum atomic E-state index is 0.665. The van der Waals surface area contributed by atoms with Crippen LogP contribution >= 0.6 is 0 Å². The van der Waals surface area contributed by atoms with Crippen molar-refractivity contribution < 1.29 is 0 Å². The van der Waals surface area contributed by atoms with E-state index in [4.69, 9.17) is 0 Å². The van der Waals surface area contributed by atoms with Crippen LogP contribution in [0.4, 0.5) is 5.82 Å². The van der Waals surface area contributed by atoms with E-state index < -0.39 is 0 Å². The van der Waals surface area contributed by atoms with E-state index in [0.29, 0.717) is 12.1 Å². The molecule has 6 nitrogen and oxygen atoms in total. The summed E-state index contributed by atoms with van der Waals surface area (Å²) in [5.41, 5.74) is 7.15. The molecule has 5 aliphatic rings. The molecule has 1 aromatic heterocycles. The third-order valence-corrected chi connectivity index (χ3v) is 7.47. The number of anilines is 1. The van der Waals surface area contributed by atoms with Gasteiger partial charge in [0.2, 0.25) is 0 Å². The summed E-state index contributed by atoms with van der Waals surface area (Å²) in [6.07, 6.45) is 15.4. The number of hydrogen-bond donors (Lipinski definition) is 2. The van der Waals surface area contributed by atoms with Gasteiger partial charge in [-0.2, -0.15) is 0 Å². The van der Waals surface area contributed by atoms with E-state index in [0.717, 1.165) is 43.2 Å². The average Bonchev–Trinajstić information content (AvgIpc) is 2.99. The zero-order valence-corrected chi connectivity index (χ0v) is 16.4. The zero-order chi connectivity index (χ0) is 18.1. The van der Waals surface area contributed by atoms with Gasteiger partial charge in [-0.15, -0.1) is 0 Å². The van der Waals surface area contributed by atoms with Crippen LogP contribution in [0.15, 0.2) is 18.6 Å². The number of fused-ring (bicyclic) bond motifs is 4. The second kappa shape index (κ2) is 8.02. The summed E-state index contributed by atoms with van der Waals surface area (Å²) in [5, 5.41) is 0. The Hall–Kier alpha value is -1.24. The fraction of sp³-hybridized carbons (Fsp3) is 0.810. The molecule has 6 heteroatoms. The highest BCUT2D eigenvalue weighted by Gasteiger charge is 2.40. The maximum atomic E-state index is 4.57. The van der Waals surface area contributed by atoms with Crippen molar-refractivity contribution in [3.05, 3.63) is 18.6 Å². The number of hydrogen-bond acceptors (Lipinski definition) is 6. The fourth-order valence-corrected chi connectivity index (χ4v) is 6.07. The SMILES string of the molecule is c1cnc(N2C[C@@H]3CC[C@H](C2)N(CC2CNNC2C2CCCCC2)C3)cn1. The molecular weight excluding hydrogens is 336 g/mol. The monoisotopic (exact) mass is 370 g/mol. The van der Waals surface area contributed by atoms with Gasteiger partial charge in [-0.25, -0.2) is 4.98 Å². The molecule has 27 heavy (non-hydrogen) atoms. The molecule has 2 bridgehead atoms. The van der Waals surface area contributed by atoms with Crippen LogP contribution in [0.1, 0.15) is 44.9 Å². The Balaban J connectivity index is 1.26. The van der Waals surface area contributed by atoms with Gasteiger partial charge in [0.1, 0.15) is 5.82 Å². The second-order valence-corrected chi connectivity index (χ2v) is 9.23. The molecule has 4 aliphatic heterocycles. The van der Waals surface area contributed by atoms with Gasteiger partial charge in [-0.05, 0) is 37.5 Å². The molecule has 1 saturated carbocycles. The molecule has 2 N–H and O–H groups in total. The Labute approximate surface area is 163 Å². The van der Waals surface area contributed by atoms with Gasteiger partial charge in [-0.3, -0.25) is 20.7 Å². The minimum absolute atomic E-state index is 0.665. The first kappa shape index (κ1) is 17.8. The number of hydrazine groups is 1. The third kappa shape index (κ3) is 3.84. The summed E-state index contributed by atoms with van der Waals surface area (Å²) in [7, 11) is 0. The molecule has 4 atom stereocenters. The predicted molar refractivity (Wildman–Crippen MR) is 107 cm³/mol. The van der Waals surface area contributed by atoms with Crippen molar-refractivity contribution in [1.29, 1.82) is 0 Å². The van der Waals surface area contributed by atoms with Gasteiger partial charge in [0.15, 0.2) is 0 Å². The van der Waals surface area contributed by atoms with E-state index in [1.165, 1.54) is 58.0 Å². The Morgan fingerprint density at radius 2 is 1.93 bits per heavy atom. The number of nitrogens with one attached hydrogen (secondary N) is 2. The Morgan fingerprint density at radius 3 is 2.78 bits per heavy atom. The molecule has 2 unspecified atom stereocenters. The maximum absolute atomic E-state index is 4.57. The minimum Gasteiger partial charge on any atom is -0.353 e. The lowest BCUT2D eigenvalue weighted by atomic mass is 9.79. The normalized spacial score (nSPS) is 35.5. The molecule has 0 spiro atoms. The van der Waals surface area contributed by atoms with Crippen LogP contribution < -0.4 is 15.8 Å². The predicted octanol–water partition coefficient (Wildman–Crippen LogP) is 2.05. The Kier molecular flexibility index (Phi) is 5.29. The summed E-state index contributed by atoms with van der Waals surface area (Å²) in [6.45, 7) is 5.88. The fourth-order valence-electron chi connectivity index (χ4n) is 6.07. The number of rotatable bonds is 4. The lowest BCUT2D eigenvalue weighted by molar-refractivity contribution is 0.102. The van der Waals surface area contributed by atoms with Gasteiger partial charge in [-0.1, -0.05) is 19.3 Å². The highest BCUT2D eigenvalue weighted by Crippen LogP contribution is 2.34. The first-order valence-electron chi connectivity index (χ1n) is 11.1. The van der Waals surface area contributed by atoms with Crippen LogP contribution in [-0.2, 0) is 0 Å². The van der Waals surface area contributed by atoms with E-state index in [2.05, 4.69) is 30.6 Å². The van der Waals surface area contributed by atoms with Gasteiger partial charge >= 0.3 is 0 Å². The highest BCUT2D eigenvalue weighted by atomic mass is 15.4. The summed E-state index contributed by atoms with van der Waals surface area (Å²) >= 11 is 0. The number of nitrogens with zero attached hydrogens (tertiary/aromatic N) is 4. The van der Waals surface area contributed by atoms with Crippen LogP contribution in [0, 0.1) is 17.8 Å². The quantitative estimate of drug-likeness (QED) is 0.846. The van der Waals surface area contributed by atoms with Crippen molar-refractivity contribution in [2.24, 2.45) is 17.8 Å². The Morgan fingerprint density at radius 1 is 1.00 bits per heavy atom. The van der Waals surface area contributed by atoms with E-state index in [1.54, 1.807) is 6.20 Å². The molecule has 1 aromatic rings. The van der Waals surface area contributed by atoms with Crippen LogP contribution in [0.2, 0.25) is 0 Å². The summed E-state index contributed by atoms with van der Waals surface area (Å²) in [4.78, 5) is 14.2. The molecular formula is C21H34N6. The average molecular weight is 371 g/mol. The maximum Gasteiger partial charge on any atom is 0.147 e. The van der Waals surface area contributed by atoms with Crippen LogP contribution in [0.25, 0.3) is 0 Å². The Bertz CT molecular complexity index is 604. The molecule has 0 amide bonds. The van der Waals surface area contributed by atoms with Crippen molar-refractivity contribution in [3.8, 4) is 0 Å². The van der Waals surface area contributed by atoms with Crippen LogP contribution in [-0.4, -0.2) is 59.7 Å². The van der Waals surface area contributed by atoms with Crippen molar-refractivity contribution in [3.63, 3.8) is 0 Å². The van der Waals surface area contributed by atoms with Gasteiger partial charge in [0.25, 0.3) is 0 Å². The summed E-state index contributed by atoms with van der Waals surface area (Å²) in [5.74, 6) is 3.44. The highest BCUT2D eigenvalue weighted by molar-refractivity contribution is 5.36. The smallest absolute Gasteiger partial charge is 0.147 e. The number of piperidine rings is 1. The second-order valence-electron chi connectivity index (χ2n) is 9.23. The van der Waals surface area contributed by atoms with Crippen LogP contribution in [0.3, 0.4) is 0 Å². The van der Waals surface area contributed by atoms with Crippen molar-refractivity contribution in [1.82, 2.24) is 25.7 Å². The lowest BCUT2D eigenvalue weighted by Gasteiger charge is -2.39. The molecule has 4 saturated heterocycles. The van der Waals surface area contributed by atoms with Crippen molar-refractivity contribution in [2.75, 3.05) is 37.6 Å². The molecule has 148 valence electrons. The van der Waals surface area contributed by atoms with E-state index in [9.17, 15) is 0 Å². The van der Waals surface area contributed by atoms with Gasteiger partial charge in [0.05, 0.1) is 6.20 Å². The molecule has 5 heterocycles. The molecule has 6 rings (SSSR count).